The number of ether oxygens (including phenoxy) is 1. The molecule has 4 aromatic rings. The molecule has 0 aliphatic carbocycles. The van der Waals surface area contributed by atoms with Gasteiger partial charge in [0.2, 0.25) is 11.2 Å². The number of halogens is 1. The number of pyridine rings is 1. The Morgan fingerprint density at radius 1 is 1.12 bits per heavy atom. The lowest BCUT2D eigenvalue weighted by molar-refractivity contribution is 0.454. The zero-order chi connectivity index (χ0) is 17.2. The molecule has 4 rings (SSSR count). The fraction of sp³-hybridized carbons (Fsp3) is 0. The van der Waals surface area contributed by atoms with Crippen LogP contribution in [0.1, 0.15) is 5.56 Å². The highest BCUT2D eigenvalue weighted by atomic mass is 35.5. The number of fused-ring (bicyclic) bond motifs is 1. The Kier molecular flexibility index (Phi) is 3.72. The summed E-state index contributed by atoms with van der Waals surface area (Å²) in [6, 6.07) is 14.4. The zero-order valence-corrected chi connectivity index (χ0v) is 13.4. The Labute approximate surface area is 147 Å². The highest BCUT2D eigenvalue weighted by molar-refractivity contribution is 6.28. The summed E-state index contributed by atoms with van der Waals surface area (Å²) in [5.74, 6) is 0.789. The maximum Gasteiger partial charge on any atom is 0.246 e. The van der Waals surface area contributed by atoms with Gasteiger partial charge >= 0.3 is 0 Å². The molecule has 0 saturated heterocycles. The van der Waals surface area contributed by atoms with Crippen LogP contribution in [0.15, 0.2) is 54.9 Å². The number of hydrogen-bond acceptors (Lipinski definition) is 6. The van der Waals surface area contributed by atoms with Crippen LogP contribution in [0.3, 0.4) is 0 Å². The zero-order valence-electron chi connectivity index (χ0n) is 12.7. The average molecular weight is 349 g/mol. The van der Waals surface area contributed by atoms with Crippen molar-refractivity contribution < 1.29 is 4.74 Å². The molecule has 3 heterocycles. The van der Waals surface area contributed by atoms with Gasteiger partial charge in [-0.3, -0.25) is 4.98 Å². The predicted molar refractivity (Wildman–Crippen MR) is 90.3 cm³/mol. The van der Waals surface area contributed by atoms with Crippen LogP contribution in [0, 0.1) is 11.3 Å². The van der Waals surface area contributed by atoms with Gasteiger partial charge in [0.1, 0.15) is 5.75 Å². The number of nitriles is 1. The van der Waals surface area contributed by atoms with E-state index in [1.807, 2.05) is 18.2 Å². The first-order valence-electron chi connectivity index (χ1n) is 7.25. The second kappa shape index (κ2) is 6.19. The van der Waals surface area contributed by atoms with E-state index < -0.39 is 0 Å². The quantitative estimate of drug-likeness (QED) is 0.563. The van der Waals surface area contributed by atoms with Crippen LogP contribution in [0.5, 0.6) is 11.6 Å². The van der Waals surface area contributed by atoms with Crippen molar-refractivity contribution >= 4 is 17.2 Å². The van der Waals surface area contributed by atoms with Crippen LogP contribution in [0.25, 0.3) is 16.8 Å². The summed E-state index contributed by atoms with van der Waals surface area (Å²) in [7, 11) is 0. The molecule has 0 atom stereocenters. The molecule has 0 spiro atoms. The molecular formula is C17H9ClN6O. The Bertz CT molecular complexity index is 1100. The summed E-state index contributed by atoms with van der Waals surface area (Å²) in [4.78, 5) is 4.12. The van der Waals surface area contributed by atoms with E-state index in [9.17, 15) is 0 Å². The lowest BCUT2D eigenvalue weighted by Crippen LogP contribution is -1.97. The molecule has 7 nitrogen and oxygen atoms in total. The van der Waals surface area contributed by atoms with Crippen LogP contribution in [0.4, 0.5) is 0 Å². The number of rotatable bonds is 3. The molecule has 0 N–H and O–H groups in total. The fourth-order valence-corrected chi connectivity index (χ4v) is 2.51. The number of hydrogen-bond donors (Lipinski definition) is 0. The topological polar surface area (TPSA) is 89.0 Å². The Hall–Kier alpha value is -3.50. The van der Waals surface area contributed by atoms with E-state index in [0.717, 1.165) is 11.1 Å². The standard InChI is InChI=1S/C17H9ClN6O/c18-17-22-21-15-5-6-16(23-24(15)17)25-14-8-11(9-19)3-4-13(14)12-2-1-7-20-10-12/h1-8,10H. The van der Waals surface area contributed by atoms with Crippen LogP contribution in [-0.4, -0.2) is 24.8 Å². The molecule has 0 fully saturated rings. The normalized spacial score (nSPS) is 10.6. The minimum absolute atomic E-state index is 0.138. The van der Waals surface area contributed by atoms with E-state index in [1.165, 1.54) is 4.52 Å². The van der Waals surface area contributed by atoms with Gasteiger partial charge in [-0.05, 0) is 41.9 Å². The van der Waals surface area contributed by atoms with Crippen molar-refractivity contribution in [3.63, 3.8) is 0 Å². The van der Waals surface area contributed by atoms with E-state index in [1.54, 1.807) is 36.7 Å². The monoisotopic (exact) mass is 348 g/mol. The highest BCUT2D eigenvalue weighted by Gasteiger charge is 2.12. The van der Waals surface area contributed by atoms with Crippen LogP contribution >= 0.6 is 11.6 Å². The SMILES string of the molecule is N#Cc1ccc(-c2cccnc2)c(Oc2ccc3nnc(Cl)n3n2)c1. The first-order valence-corrected chi connectivity index (χ1v) is 7.63. The molecule has 1 aromatic carbocycles. The van der Waals surface area contributed by atoms with Gasteiger partial charge in [-0.2, -0.15) is 9.78 Å². The maximum absolute atomic E-state index is 9.17. The molecule has 0 bridgehead atoms. The molecule has 120 valence electrons. The molecular weight excluding hydrogens is 340 g/mol. The lowest BCUT2D eigenvalue weighted by Gasteiger charge is -2.11. The summed E-state index contributed by atoms with van der Waals surface area (Å²) in [6.45, 7) is 0. The molecule has 3 aromatic heterocycles. The van der Waals surface area contributed by atoms with Crippen molar-refractivity contribution in [2.24, 2.45) is 0 Å². The first-order chi connectivity index (χ1) is 12.2. The summed E-state index contributed by atoms with van der Waals surface area (Å²) in [6.07, 6.45) is 3.42. The van der Waals surface area contributed by atoms with E-state index >= 15 is 0 Å². The second-order valence-corrected chi connectivity index (χ2v) is 5.42. The van der Waals surface area contributed by atoms with Gasteiger partial charge in [-0.1, -0.05) is 6.07 Å². The third-order valence-corrected chi connectivity index (χ3v) is 3.73. The van der Waals surface area contributed by atoms with Crippen molar-refractivity contribution in [1.29, 1.82) is 5.26 Å². The summed E-state index contributed by atoms with van der Waals surface area (Å²) in [5.41, 5.74) is 2.65. The lowest BCUT2D eigenvalue weighted by atomic mass is 10.0. The van der Waals surface area contributed by atoms with Gasteiger partial charge in [0.15, 0.2) is 5.65 Å². The summed E-state index contributed by atoms with van der Waals surface area (Å²) in [5, 5.41) is 21.2. The van der Waals surface area contributed by atoms with Gasteiger partial charge in [-0.25, -0.2) is 0 Å². The minimum Gasteiger partial charge on any atom is -0.437 e. The largest absolute Gasteiger partial charge is 0.437 e. The maximum atomic E-state index is 9.17. The molecule has 0 saturated carbocycles. The third-order valence-electron chi connectivity index (χ3n) is 3.50. The fourth-order valence-electron chi connectivity index (χ4n) is 2.35. The number of aromatic nitrogens is 5. The molecule has 25 heavy (non-hydrogen) atoms. The third kappa shape index (κ3) is 2.86. The molecule has 0 aliphatic rings. The molecule has 0 amide bonds. The van der Waals surface area contributed by atoms with Gasteiger partial charge < -0.3 is 4.74 Å². The van der Waals surface area contributed by atoms with Gasteiger partial charge in [-0.15, -0.1) is 15.3 Å². The smallest absolute Gasteiger partial charge is 0.246 e. The Morgan fingerprint density at radius 3 is 2.84 bits per heavy atom. The van der Waals surface area contributed by atoms with Gasteiger partial charge in [0, 0.05) is 29.6 Å². The van der Waals surface area contributed by atoms with E-state index in [2.05, 4.69) is 26.3 Å². The van der Waals surface area contributed by atoms with E-state index in [0.29, 0.717) is 22.8 Å². The van der Waals surface area contributed by atoms with Crippen LogP contribution < -0.4 is 4.74 Å². The molecule has 0 aliphatic heterocycles. The van der Waals surface area contributed by atoms with Crippen LogP contribution in [-0.2, 0) is 0 Å². The van der Waals surface area contributed by atoms with Crippen molar-refractivity contribution in [2.45, 2.75) is 0 Å². The van der Waals surface area contributed by atoms with Crippen molar-refractivity contribution in [3.8, 4) is 28.8 Å². The van der Waals surface area contributed by atoms with Crippen molar-refractivity contribution in [1.82, 2.24) is 24.8 Å². The van der Waals surface area contributed by atoms with Gasteiger partial charge in [0.25, 0.3) is 0 Å². The Balaban J connectivity index is 1.80. The highest BCUT2D eigenvalue weighted by Crippen LogP contribution is 2.33. The van der Waals surface area contributed by atoms with Gasteiger partial charge in [0.05, 0.1) is 11.6 Å². The number of nitrogens with zero attached hydrogens (tertiary/aromatic N) is 6. The average Bonchev–Trinajstić information content (AvgIpc) is 3.03. The molecule has 0 unspecified atom stereocenters. The molecule has 8 heteroatoms. The van der Waals surface area contributed by atoms with Crippen molar-refractivity contribution in [3.05, 3.63) is 65.7 Å². The molecule has 0 radical (unpaired) electrons. The van der Waals surface area contributed by atoms with Crippen molar-refractivity contribution in [2.75, 3.05) is 0 Å². The predicted octanol–water partition coefficient (Wildman–Crippen LogP) is 3.50. The first kappa shape index (κ1) is 15.1. The minimum atomic E-state index is 0.138. The summed E-state index contributed by atoms with van der Waals surface area (Å²) >= 11 is 5.94. The van der Waals surface area contributed by atoms with E-state index in [-0.39, 0.29) is 5.28 Å². The van der Waals surface area contributed by atoms with E-state index in [4.69, 9.17) is 21.6 Å². The summed E-state index contributed by atoms with van der Waals surface area (Å²) < 4.78 is 7.28. The Morgan fingerprint density at radius 2 is 2.04 bits per heavy atom. The van der Waals surface area contributed by atoms with Crippen LogP contribution in [0.2, 0.25) is 5.28 Å². The number of benzene rings is 1. The second-order valence-electron chi connectivity index (χ2n) is 5.08.